The van der Waals surface area contributed by atoms with Crippen molar-refractivity contribution < 1.29 is 14.6 Å². The zero-order valence-electron chi connectivity index (χ0n) is 11.3. The largest absolute Gasteiger partial charge is 0.530 e. The number of likely N-dealkylation sites (tertiary alicyclic amines) is 1. The molecule has 0 radical (unpaired) electrons. The van der Waals surface area contributed by atoms with E-state index >= 15 is 0 Å². The number of carbonyl (C=O) groups excluding carboxylic acids is 1. The maximum absolute atomic E-state index is 11.2. The van der Waals surface area contributed by atoms with Gasteiger partial charge in [0.05, 0.1) is 6.04 Å². The Labute approximate surface area is 112 Å². The highest BCUT2D eigenvalue weighted by Gasteiger charge is 2.51. The van der Waals surface area contributed by atoms with Gasteiger partial charge in [0.15, 0.2) is 6.04 Å². The van der Waals surface area contributed by atoms with Crippen LogP contribution in [0.3, 0.4) is 0 Å². The van der Waals surface area contributed by atoms with E-state index in [4.69, 9.17) is 16.7 Å². The van der Waals surface area contributed by atoms with Crippen LogP contribution in [0.15, 0.2) is 5.11 Å². The number of terminal acetylenes is 1. The summed E-state index contributed by atoms with van der Waals surface area (Å²) in [4.78, 5) is 15.4. The number of ether oxygens (including phenoxy) is 1. The fraction of sp³-hybridized carbons (Fsp3) is 0.750. The lowest BCUT2D eigenvalue weighted by Gasteiger charge is -2.36. The first-order valence-corrected chi connectivity index (χ1v) is 5.92. The highest BCUT2D eigenvalue weighted by atomic mass is 16.5. The SMILES string of the molecule is C#CCO[C@H]1CN(C(=O)[O-])C(C(C)(C)C)[C@@H]1N=[N+]=N. The number of carbonyl (C=O) groups is 1. The van der Waals surface area contributed by atoms with Crippen LogP contribution in [0.2, 0.25) is 0 Å². The molecule has 0 aromatic carbocycles. The third-order valence-electron chi connectivity index (χ3n) is 3.11. The Morgan fingerprint density at radius 3 is 2.74 bits per heavy atom. The fourth-order valence-electron chi connectivity index (χ4n) is 2.48. The second-order valence-electron chi connectivity index (χ2n) is 5.49. The van der Waals surface area contributed by atoms with Gasteiger partial charge in [0.25, 0.3) is 0 Å². The van der Waals surface area contributed by atoms with Crippen molar-refractivity contribution in [3.8, 4) is 12.3 Å². The van der Waals surface area contributed by atoms with E-state index < -0.39 is 24.3 Å². The molecule has 1 rings (SSSR count). The van der Waals surface area contributed by atoms with E-state index in [1.165, 1.54) is 4.90 Å². The van der Waals surface area contributed by atoms with E-state index in [1.807, 2.05) is 20.8 Å². The highest BCUT2D eigenvalue weighted by Crippen LogP contribution is 2.35. The minimum absolute atomic E-state index is 0.0619. The third-order valence-corrected chi connectivity index (χ3v) is 3.11. The van der Waals surface area contributed by atoms with Crippen LogP contribution in [0.5, 0.6) is 0 Å². The molecule has 7 nitrogen and oxygen atoms in total. The number of hydrogen-bond acceptors (Lipinski definition) is 5. The monoisotopic (exact) mass is 266 g/mol. The summed E-state index contributed by atoms with van der Waals surface area (Å²) in [6, 6.07) is -1.02. The van der Waals surface area contributed by atoms with Gasteiger partial charge in [-0.25, -0.2) is 0 Å². The summed E-state index contributed by atoms with van der Waals surface area (Å²) >= 11 is 0. The molecule has 3 atom stereocenters. The Bertz CT molecular complexity index is 431. The molecule has 1 N–H and O–H groups in total. The van der Waals surface area contributed by atoms with Crippen LogP contribution >= 0.6 is 0 Å². The summed E-state index contributed by atoms with van der Waals surface area (Å²) in [7, 11) is 0. The Hall–Kier alpha value is -1.90. The maximum atomic E-state index is 11.2. The lowest BCUT2D eigenvalue weighted by molar-refractivity contribution is -0.268. The van der Waals surface area contributed by atoms with E-state index in [-0.39, 0.29) is 18.6 Å². The van der Waals surface area contributed by atoms with Gasteiger partial charge in [-0.2, -0.15) is 0 Å². The minimum Gasteiger partial charge on any atom is -0.530 e. The van der Waals surface area contributed by atoms with E-state index in [0.717, 1.165) is 0 Å². The summed E-state index contributed by atoms with van der Waals surface area (Å²) < 4.78 is 5.42. The lowest BCUT2D eigenvalue weighted by atomic mass is 9.82. The predicted molar refractivity (Wildman–Crippen MR) is 65.0 cm³/mol. The summed E-state index contributed by atoms with van der Waals surface area (Å²) in [6.07, 6.45) is 3.34. The van der Waals surface area contributed by atoms with Gasteiger partial charge < -0.3 is 19.5 Å². The summed E-state index contributed by atoms with van der Waals surface area (Å²) in [5, 5.41) is 15.0. The summed E-state index contributed by atoms with van der Waals surface area (Å²) in [5.74, 6) is 2.33. The first-order chi connectivity index (χ1) is 8.82. The van der Waals surface area contributed by atoms with Crippen molar-refractivity contribution in [2.75, 3.05) is 13.2 Å². The Morgan fingerprint density at radius 2 is 2.32 bits per heavy atom. The number of amides is 1. The molecule has 0 aromatic rings. The van der Waals surface area contributed by atoms with Gasteiger partial charge >= 0.3 is 0 Å². The van der Waals surface area contributed by atoms with Crippen LogP contribution in [0.4, 0.5) is 4.79 Å². The van der Waals surface area contributed by atoms with Crippen molar-refractivity contribution in [1.29, 1.82) is 5.53 Å². The number of nitrogens with zero attached hydrogens (tertiary/aromatic N) is 3. The van der Waals surface area contributed by atoms with Gasteiger partial charge in [0.1, 0.15) is 29.4 Å². The van der Waals surface area contributed by atoms with Crippen LogP contribution in [-0.2, 0) is 4.74 Å². The van der Waals surface area contributed by atoms with Crippen molar-refractivity contribution in [3.63, 3.8) is 0 Å². The Morgan fingerprint density at radius 1 is 1.68 bits per heavy atom. The first-order valence-electron chi connectivity index (χ1n) is 5.92. The van der Waals surface area contributed by atoms with Gasteiger partial charge in [-0.1, -0.05) is 26.7 Å². The summed E-state index contributed by atoms with van der Waals surface area (Å²) in [5.41, 5.74) is 6.50. The topological polar surface area (TPSA) is 103 Å². The van der Waals surface area contributed by atoms with Crippen LogP contribution < -0.4 is 10.0 Å². The Kier molecular flexibility index (Phi) is 4.65. The number of nitrogens with one attached hydrogen (secondary N) is 1. The van der Waals surface area contributed by atoms with Crippen molar-refractivity contribution in [1.82, 2.24) is 9.81 Å². The molecule has 1 unspecified atom stereocenters. The normalized spacial score (nSPS) is 26.6. The molecule has 0 aromatic heterocycles. The van der Waals surface area contributed by atoms with E-state index in [0.29, 0.717) is 0 Å². The van der Waals surface area contributed by atoms with Crippen LogP contribution in [0.1, 0.15) is 20.8 Å². The third kappa shape index (κ3) is 3.31. The zero-order chi connectivity index (χ0) is 14.6. The van der Waals surface area contributed by atoms with Gasteiger partial charge in [-0.05, 0) is 5.41 Å². The lowest BCUT2D eigenvalue weighted by Crippen LogP contribution is -2.51. The van der Waals surface area contributed by atoms with Gasteiger partial charge in [0.2, 0.25) is 4.91 Å². The summed E-state index contributed by atoms with van der Waals surface area (Å²) in [6.45, 7) is 5.86. The molecule has 0 bridgehead atoms. The quantitative estimate of drug-likeness (QED) is 0.441. The second kappa shape index (κ2) is 5.83. The Balaban J connectivity index is 3.09. The molecule has 1 fully saturated rings. The molecule has 1 aliphatic rings. The smallest absolute Gasteiger partial charge is 0.214 e. The van der Waals surface area contributed by atoms with Crippen molar-refractivity contribution in [2.24, 2.45) is 10.5 Å². The van der Waals surface area contributed by atoms with Crippen molar-refractivity contribution in [3.05, 3.63) is 0 Å². The highest BCUT2D eigenvalue weighted by molar-refractivity contribution is 5.64. The molecular formula is C12H18N4O3. The van der Waals surface area contributed by atoms with E-state index in [1.54, 1.807) is 0 Å². The molecular weight excluding hydrogens is 248 g/mol. The van der Waals surface area contributed by atoms with Crippen molar-refractivity contribution in [2.45, 2.75) is 39.0 Å². The zero-order valence-corrected chi connectivity index (χ0v) is 11.3. The van der Waals surface area contributed by atoms with E-state index in [9.17, 15) is 9.90 Å². The fourth-order valence-corrected chi connectivity index (χ4v) is 2.48. The number of hydrogen-bond donors (Lipinski definition) is 1. The molecule has 0 spiro atoms. The molecule has 19 heavy (non-hydrogen) atoms. The molecule has 1 heterocycles. The van der Waals surface area contributed by atoms with E-state index in [2.05, 4.69) is 15.9 Å². The van der Waals surface area contributed by atoms with Gasteiger partial charge in [0, 0.05) is 6.54 Å². The van der Waals surface area contributed by atoms with Crippen LogP contribution in [0.25, 0.3) is 0 Å². The molecule has 1 saturated heterocycles. The standard InChI is InChI=1S/C12H18N4O3/c1-5-6-19-8-7-16(11(17)18)10(12(2,3)4)9(8)14-15-13/h1,8-10,13H,6-7H2,2-4H3/t8-,9+,10?/m0/s1. The average molecular weight is 266 g/mol. The predicted octanol–water partition coefficient (Wildman–Crippen LogP) is -0.00263. The van der Waals surface area contributed by atoms with Gasteiger partial charge in [-0.3, -0.25) is 0 Å². The minimum atomic E-state index is -1.28. The number of carboxylic acid groups (broad SMARTS) is 1. The molecule has 0 aliphatic carbocycles. The molecule has 104 valence electrons. The van der Waals surface area contributed by atoms with Crippen LogP contribution in [-0.4, -0.2) is 42.3 Å². The molecule has 0 saturated carbocycles. The molecule has 1 amide bonds. The molecule has 1 aliphatic heterocycles. The van der Waals surface area contributed by atoms with Crippen molar-refractivity contribution >= 4 is 6.09 Å². The number of rotatable bonds is 3. The van der Waals surface area contributed by atoms with Gasteiger partial charge in [-0.15, -0.1) is 6.42 Å². The maximum Gasteiger partial charge on any atom is 0.214 e. The van der Waals surface area contributed by atoms with Crippen LogP contribution in [0, 0.1) is 23.3 Å². The second-order valence-corrected chi connectivity index (χ2v) is 5.49. The first kappa shape index (κ1) is 15.2. The average Bonchev–Trinajstić information content (AvgIpc) is 2.65. The molecule has 7 heteroatoms.